The van der Waals surface area contributed by atoms with Gasteiger partial charge in [-0.15, -0.1) is 0 Å². The first-order valence-electron chi connectivity index (χ1n) is 6.60. The summed E-state index contributed by atoms with van der Waals surface area (Å²) in [6, 6.07) is 4.91. The Balaban J connectivity index is 1.98. The van der Waals surface area contributed by atoms with Gasteiger partial charge in [0, 0.05) is 32.7 Å². The number of nitrogen functional groups attached to an aromatic ring is 1. The molecule has 2 rings (SSSR count). The fourth-order valence-electron chi connectivity index (χ4n) is 2.50. The number of anilines is 2. The van der Waals surface area contributed by atoms with Crippen LogP contribution < -0.4 is 10.6 Å². The first kappa shape index (κ1) is 14.1. The van der Waals surface area contributed by atoms with Gasteiger partial charge in [0.25, 0.3) is 0 Å². The number of hydrogen-bond donors (Lipinski definition) is 2. The first-order valence-corrected chi connectivity index (χ1v) is 6.60. The third-order valence-electron chi connectivity index (χ3n) is 3.35. The molecule has 0 unspecified atom stereocenters. The van der Waals surface area contributed by atoms with Crippen LogP contribution in [0.15, 0.2) is 18.2 Å². The molecule has 5 heteroatoms. The Bertz CT molecular complexity index is 437. The van der Waals surface area contributed by atoms with E-state index in [2.05, 4.69) is 9.80 Å². The fourth-order valence-corrected chi connectivity index (χ4v) is 2.50. The third kappa shape index (κ3) is 3.58. The quantitative estimate of drug-likeness (QED) is 0.811. The highest BCUT2D eigenvalue weighted by Gasteiger charge is 2.23. The van der Waals surface area contributed by atoms with Gasteiger partial charge in [0.15, 0.2) is 0 Å². The van der Waals surface area contributed by atoms with Crippen molar-refractivity contribution in [2.45, 2.75) is 19.4 Å². The zero-order valence-electron chi connectivity index (χ0n) is 11.6. The molecule has 4 nitrogen and oxygen atoms in total. The maximum Gasteiger partial charge on any atom is 0.148 e. The molecule has 1 aliphatic heterocycles. The molecule has 106 valence electrons. The normalized spacial score (nSPS) is 17.8. The van der Waals surface area contributed by atoms with Gasteiger partial charge in [0.2, 0.25) is 0 Å². The second kappa shape index (κ2) is 5.35. The van der Waals surface area contributed by atoms with Crippen LogP contribution in [0, 0.1) is 5.82 Å². The van der Waals surface area contributed by atoms with E-state index in [0.717, 1.165) is 31.9 Å². The third-order valence-corrected chi connectivity index (χ3v) is 3.35. The van der Waals surface area contributed by atoms with Gasteiger partial charge in [-0.1, -0.05) is 6.07 Å². The molecule has 0 aliphatic carbocycles. The topological polar surface area (TPSA) is 52.7 Å². The van der Waals surface area contributed by atoms with Gasteiger partial charge in [-0.3, -0.25) is 4.90 Å². The summed E-state index contributed by atoms with van der Waals surface area (Å²) >= 11 is 0. The zero-order valence-corrected chi connectivity index (χ0v) is 11.6. The first-order chi connectivity index (χ1) is 8.87. The second-order valence-electron chi connectivity index (χ2n) is 5.75. The number of nitrogens with two attached hydrogens (primary N) is 1. The Hall–Kier alpha value is -1.33. The minimum atomic E-state index is -0.681. The van der Waals surface area contributed by atoms with Gasteiger partial charge in [0.05, 0.1) is 17.0 Å². The van der Waals surface area contributed by atoms with Crippen molar-refractivity contribution >= 4 is 11.4 Å². The molecule has 3 N–H and O–H groups in total. The highest BCUT2D eigenvalue weighted by Crippen LogP contribution is 2.26. The van der Waals surface area contributed by atoms with Crippen molar-refractivity contribution in [2.75, 3.05) is 43.4 Å². The Labute approximate surface area is 113 Å². The summed E-state index contributed by atoms with van der Waals surface area (Å²) in [6.45, 7) is 7.56. The van der Waals surface area contributed by atoms with Crippen molar-refractivity contribution in [3.8, 4) is 0 Å². The maximum absolute atomic E-state index is 13.4. The lowest BCUT2D eigenvalue weighted by Gasteiger charge is -2.38. The zero-order chi connectivity index (χ0) is 14.0. The summed E-state index contributed by atoms with van der Waals surface area (Å²) in [5.41, 5.74) is 6.09. The largest absolute Gasteiger partial charge is 0.395 e. The molecule has 1 aromatic carbocycles. The van der Waals surface area contributed by atoms with Crippen molar-refractivity contribution in [1.82, 2.24) is 4.90 Å². The molecule has 0 spiro atoms. The lowest BCUT2D eigenvalue weighted by Crippen LogP contribution is -2.50. The van der Waals surface area contributed by atoms with E-state index >= 15 is 0 Å². The van der Waals surface area contributed by atoms with Crippen LogP contribution in [0.3, 0.4) is 0 Å². The Morgan fingerprint density at radius 3 is 2.47 bits per heavy atom. The van der Waals surface area contributed by atoms with E-state index in [-0.39, 0.29) is 11.5 Å². The highest BCUT2D eigenvalue weighted by atomic mass is 19.1. The van der Waals surface area contributed by atoms with E-state index in [1.165, 1.54) is 6.07 Å². The summed E-state index contributed by atoms with van der Waals surface area (Å²) in [6.07, 6.45) is 0. The van der Waals surface area contributed by atoms with Crippen LogP contribution in [0.1, 0.15) is 13.8 Å². The number of hydrogen-bond acceptors (Lipinski definition) is 4. The van der Waals surface area contributed by atoms with Gasteiger partial charge in [0.1, 0.15) is 5.82 Å². The lowest BCUT2D eigenvalue weighted by molar-refractivity contribution is 0.0345. The number of rotatable bonds is 3. The molecule has 19 heavy (non-hydrogen) atoms. The molecule has 1 saturated heterocycles. The van der Waals surface area contributed by atoms with Crippen LogP contribution in [0.4, 0.5) is 15.8 Å². The summed E-state index contributed by atoms with van der Waals surface area (Å²) in [4.78, 5) is 4.31. The number of nitrogens with zero attached hydrogens (tertiary/aromatic N) is 2. The molecule has 1 aromatic rings. The predicted molar refractivity (Wildman–Crippen MR) is 75.8 cm³/mol. The molecule has 0 bridgehead atoms. The number of halogens is 1. The van der Waals surface area contributed by atoms with Gasteiger partial charge in [-0.2, -0.15) is 0 Å². The van der Waals surface area contributed by atoms with Gasteiger partial charge >= 0.3 is 0 Å². The molecule has 0 radical (unpaired) electrons. The predicted octanol–water partition coefficient (Wildman–Crippen LogP) is 1.30. The monoisotopic (exact) mass is 267 g/mol. The Morgan fingerprint density at radius 1 is 1.26 bits per heavy atom. The van der Waals surface area contributed by atoms with Gasteiger partial charge in [-0.05, 0) is 26.0 Å². The van der Waals surface area contributed by atoms with Crippen molar-refractivity contribution in [2.24, 2.45) is 0 Å². The summed E-state index contributed by atoms with van der Waals surface area (Å²) in [7, 11) is 0. The van der Waals surface area contributed by atoms with Crippen molar-refractivity contribution in [1.29, 1.82) is 0 Å². The molecule has 1 heterocycles. The Morgan fingerprint density at radius 2 is 1.89 bits per heavy atom. The fraction of sp³-hybridized carbons (Fsp3) is 0.571. The number of para-hydroxylation sites is 1. The smallest absolute Gasteiger partial charge is 0.148 e. The molecule has 1 aliphatic rings. The van der Waals surface area contributed by atoms with Gasteiger partial charge in [-0.25, -0.2) is 4.39 Å². The van der Waals surface area contributed by atoms with Crippen LogP contribution in [-0.4, -0.2) is 48.3 Å². The molecular formula is C14H22FN3O. The minimum Gasteiger partial charge on any atom is -0.395 e. The van der Waals surface area contributed by atoms with Crippen LogP contribution in [0.25, 0.3) is 0 Å². The maximum atomic E-state index is 13.4. The van der Waals surface area contributed by atoms with E-state index < -0.39 is 5.60 Å². The second-order valence-corrected chi connectivity index (χ2v) is 5.75. The standard InChI is InChI=1S/C14H22FN3O/c1-14(2,19)10-17-6-8-18(9-7-17)12-5-3-4-11(15)13(12)16/h3-5,19H,6-10,16H2,1-2H3. The highest BCUT2D eigenvalue weighted by molar-refractivity contribution is 5.68. The number of benzene rings is 1. The summed E-state index contributed by atoms with van der Waals surface area (Å²) in [5, 5.41) is 9.81. The minimum absolute atomic E-state index is 0.221. The van der Waals surface area contributed by atoms with Crippen LogP contribution in [0.2, 0.25) is 0 Å². The van der Waals surface area contributed by atoms with Crippen LogP contribution in [-0.2, 0) is 0 Å². The van der Waals surface area contributed by atoms with E-state index in [4.69, 9.17) is 5.73 Å². The average molecular weight is 267 g/mol. The van der Waals surface area contributed by atoms with Gasteiger partial charge < -0.3 is 15.7 Å². The lowest BCUT2D eigenvalue weighted by atomic mass is 10.1. The average Bonchev–Trinajstić information content (AvgIpc) is 2.32. The van der Waals surface area contributed by atoms with Crippen LogP contribution >= 0.6 is 0 Å². The van der Waals surface area contributed by atoms with Crippen molar-refractivity contribution in [3.63, 3.8) is 0 Å². The number of piperazine rings is 1. The van der Waals surface area contributed by atoms with E-state index in [0.29, 0.717) is 6.54 Å². The SMILES string of the molecule is CC(C)(O)CN1CCN(c2cccc(F)c2N)CC1. The number of β-amino-alcohol motifs (C(OH)–C–C–N with tert-alkyl or cyclic N) is 1. The van der Waals surface area contributed by atoms with Crippen molar-refractivity contribution < 1.29 is 9.50 Å². The molecule has 0 amide bonds. The molecule has 0 atom stereocenters. The summed E-state index contributed by atoms with van der Waals surface area (Å²) in [5.74, 6) is -0.364. The Kier molecular flexibility index (Phi) is 3.96. The molecule has 0 aromatic heterocycles. The van der Waals surface area contributed by atoms with E-state index in [1.54, 1.807) is 6.07 Å². The van der Waals surface area contributed by atoms with Crippen LogP contribution in [0.5, 0.6) is 0 Å². The molecule has 1 fully saturated rings. The summed E-state index contributed by atoms with van der Waals surface area (Å²) < 4.78 is 13.4. The number of aliphatic hydroxyl groups is 1. The van der Waals surface area contributed by atoms with E-state index in [1.807, 2.05) is 19.9 Å². The van der Waals surface area contributed by atoms with Crippen molar-refractivity contribution in [3.05, 3.63) is 24.0 Å². The van der Waals surface area contributed by atoms with E-state index in [9.17, 15) is 9.50 Å². The molecular weight excluding hydrogens is 245 g/mol. The molecule has 0 saturated carbocycles.